The van der Waals surface area contributed by atoms with E-state index in [9.17, 15) is 29.7 Å². The highest BCUT2D eigenvalue weighted by atomic mass is 16.7. The summed E-state index contributed by atoms with van der Waals surface area (Å²) in [5, 5.41) is 30.4. The molecule has 15 heteroatoms. The maximum atomic E-state index is 12.2. The SMILES string of the molecule is CCCCCCC(O)CCCCCCCCCCOC(=O)OCCOCCC(CCOCCOC(=O)OCCCCCCCCCCC(O)CCCCCC)OCCOC(=O)OCCCCCCCCCCC(O)CCCCCC. The lowest BCUT2D eigenvalue weighted by atomic mass is 10.0. The molecule has 0 aromatic rings. The second-order valence-electron chi connectivity index (χ2n) is 22.5. The molecule has 3 unspecified atom stereocenters. The third-order valence-corrected chi connectivity index (χ3v) is 14.8. The Morgan fingerprint density at radius 1 is 0.250 bits per heavy atom. The van der Waals surface area contributed by atoms with Crippen molar-refractivity contribution in [1.29, 1.82) is 0 Å². The highest BCUT2D eigenvalue weighted by molar-refractivity contribution is 5.60. The molecule has 0 radical (unpaired) electrons. The lowest BCUT2D eigenvalue weighted by molar-refractivity contribution is -0.0320. The summed E-state index contributed by atoms with van der Waals surface area (Å²) >= 11 is 0. The average molecular weight is 1150 g/mol. The lowest BCUT2D eigenvalue weighted by Crippen LogP contribution is -2.22. The molecule has 476 valence electrons. The van der Waals surface area contributed by atoms with E-state index in [2.05, 4.69) is 20.8 Å². The summed E-state index contributed by atoms with van der Waals surface area (Å²) in [6.07, 6.45) is 44.5. The molecule has 0 aliphatic carbocycles. The van der Waals surface area contributed by atoms with E-state index in [4.69, 9.17) is 42.6 Å². The number of unbranched alkanes of at least 4 members (excludes halogenated alkanes) is 30. The molecular weight excluding hydrogens is 1020 g/mol. The van der Waals surface area contributed by atoms with Gasteiger partial charge in [0.1, 0.15) is 19.8 Å². The summed E-state index contributed by atoms with van der Waals surface area (Å²) in [6, 6.07) is 0. The molecule has 3 atom stereocenters. The Balaban J connectivity index is 4.30. The predicted molar refractivity (Wildman–Crippen MR) is 321 cm³/mol. The van der Waals surface area contributed by atoms with Gasteiger partial charge in [0.25, 0.3) is 0 Å². The molecule has 0 saturated carbocycles. The zero-order valence-corrected chi connectivity index (χ0v) is 51.9. The highest BCUT2D eigenvalue weighted by Crippen LogP contribution is 2.18. The molecule has 0 aromatic heterocycles. The number of hydrogen-bond donors (Lipinski definition) is 3. The molecule has 0 aliphatic heterocycles. The van der Waals surface area contributed by atoms with Crippen molar-refractivity contribution in [1.82, 2.24) is 0 Å². The number of aliphatic hydroxyl groups excluding tert-OH is 3. The van der Waals surface area contributed by atoms with Crippen molar-refractivity contribution in [2.45, 2.75) is 328 Å². The van der Waals surface area contributed by atoms with E-state index in [1.54, 1.807) is 0 Å². The van der Waals surface area contributed by atoms with Gasteiger partial charge in [-0.2, -0.15) is 0 Å². The van der Waals surface area contributed by atoms with Crippen molar-refractivity contribution in [2.24, 2.45) is 0 Å². The fraction of sp³-hybridized carbons (Fsp3) is 0.954. The Morgan fingerprint density at radius 3 is 0.750 bits per heavy atom. The minimum absolute atomic E-state index is 0.0382. The van der Waals surface area contributed by atoms with Crippen LogP contribution in [0.4, 0.5) is 14.4 Å². The van der Waals surface area contributed by atoms with E-state index >= 15 is 0 Å². The summed E-state index contributed by atoms with van der Waals surface area (Å²) in [4.78, 5) is 36.4. The number of rotatable bonds is 64. The quantitative estimate of drug-likeness (QED) is 0.0295. The fourth-order valence-electron chi connectivity index (χ4n) is 9.73. The van der Waals surface area contributed by atoms with Crippen molar-refractivity contribution in [2.75, 3.05) is 72.7 Å². The second-order valence-corrected chi connectivity index (χ2v) is 22.5. The van der Waals surface area contributed by atoms with Gasteiger partial charge in [0.05, 0.1) is 64.1 Å². The Labute approximate surface area is 489 Å². The van der Waals surface area contributed by atoms with Crippen LogP contribution < -0.4 is 0 Å². The summed E-state index contributed by atoms with van der Waals surface area (Å²) in [6.45, 7) is 9.04. The molecule has 0 bridgehead atoms. The first-order valence-electron chi connectivity index (χ1n) is 33.4. The number of carbonyl (C=O) groups excluding carboxylic acids is 3. The molecular formula is C65H126O15. The monoisotopic (exact) mass is 1150 g/mol. The van der Waals surface area contributed by atoms with E-state index in [0.29, 0.717) is 45.9 Å². The average Bonchev–Trinajstić information content (AvgIpc) is 3.45. The first-order chi connectivity index (χ1) is 39.2. The molecule has 80 heavy (non-hydrogen) atoms. The van der Waals surface area contributed by atoms with E-state index in [-0.39, 0.29) is 64.1 Å². The first-order valence-corrected chi connectivity index (χ1v) is 33.4. The van der Waals surface area contributed by atoms with E-state index < -0.39 is 18.5 Å². The number of carbonyl (C=O) groups is 3. The summed E-state index contributed by atoms with van der Waals surface area (Å²) in [5.41, 5.74) is 0. The Morgan fingerprint density at radius 2 is 0.475 bits per heavy atom. The number of aliphatic hydroxyl groups is 3. The van der Waals surface area contributed by atoms with Gasteiger partial charge in [-0.3, -0.25) is 0 Å². The van der Waals surface area contributed by atoms with E-state index in [1.807, 2.05) is 0 Å². The molecule has 0 aliphatic rings. The first kappa shape index (κ1) is 77.6. The smallest absolute Gasteiger partial charge is 0.434 e. The maximum Gasteiger partial charge on any atom is 0.508 e. The van der Waals surface area contributed by atoms with Crippen LogP contribution >= 0.6 is 0 Å². The lowest BCUT2D eigenvalue weighted by Gasteiger charge is -2.18. The Bertz CT molecular complexity index is 1210. The van der Waals surface area contributed by atoms with Crippen LogP contribution in [0.25, 0.3) is 0 Å². The molecule has 0 saturated heterocycles. The van der Waals surface area contributed by atoms with Gasteiger partial charge in [-0.05, 0) is 70.6 Å². The largest absolute Gasteiger partial charge is 0.508 e. The summed E-state index contributed by atoms with van der Waals surface area (Å²) in [5.74, 6) is 0. The van der Waals surface area contributed by atoms with Crippen LogP contribution in [-0.4, -0.2) is 131 Å². The minimum atomic E-state index is -0.710. The predicted octanol–water partition coefficient (Wildman–Crippen LogP) is 17.2. The van der Waals surface area contributed by atoms with Gasteiger partial charge in [-0.25, -0.2) is 14.4 Å². The van der Waals surface area contributed by atoms with E-state index in [1.165, 1.54) is 128 Å². The van der Waals surface area contributed by atoms with Gasteiger partial charge in [0, 0.05) is 13.2 Å². The fourth-order valence-corrected chi connectivity index (χ4v) is 9.73. The van der Waals surface area contributed by atoms with Crippen LogP contribution in [-0.2, 0) is 42.6 Å². The maximum absolute atomic E-state index is 12.2. The van der Waals surface area contributed by atoms with Crippen LogP contribution in [0.5, 0.6) is 0 Å². The van der Waals surface area contributed by atoms with Crippen molar-refractivity contribution in [3.63, 3.8) is 0 Å². The van der Waals surface area contributed by atoms with Gasteiger partial charge in [-0.15, -0.1) is 0 Å². The standard InChI is InChI=1S/C65H126O15/c1-4-7-10-31-40-59(66)43-34-25-19-13-16-22-28-37-48-75-63(69)78-55-53-72-51-46-62(74-57-58-80-65(71)77-50-39-30-24-18-15-21-27-36-45-61(68)42-33-12-9-6-3)47-52-73-54-56-79-64(70)76-49-38-29-23-17-14-20-26-35-44-60(67)41-32-11-8-5-2/h59-62,66-68H,4-58H2,1-3H3. The number of hydrogen-bond acceptors (Lipinski definition) is 15. The molecule has 15 nitrogen and oxygen atoms in total. The zero-order valence-electron chi connectivity index (χ0n) is 51.9. The number of ether oxygens (including phenoxy) is 9. The van der Waals surface area contributed by atoms with Crippen LogP contribution in [0.15, 0.2) is 0 Å². The highest BCUT2D eigenvalue weighted by Gasteiger charge is 2.13. The van der Waals surface area contributed by atoms with Gasteiger partial charge in [0.2, 0.25) is 0 Å². The third-order valence-electron chi connectivity index (χ3n) is 14.8. The van der Waals surface area contributed by atoms with Crippen LogP contribution in [0.3, 0.4) is 0 Å². The molecule has 3 N–H and O–H groups in total. The third kappa shape index (κ3) is 61.6. The molecule has 0 heterocycles. The summed E-state index contributed by atoms with van der Waals surface area (Å²) in [7, 11) is 0. The van der Waals surface area contributed by atoms with Crippen LogP contribution in [0.2, 0.25) is 0 Å². The molecule has 0 aromatic carbocycles. The van der Waals surface area contributed by atoms with Crippen LogP contribution in [0.1, 0.15) is 303 Å². The summed E-state index contributed by atoms with van der Waals surface area (Å²) < 4.78 is 48.9. The van der Waals surface area contributed by atoms with E-state index in [0.717, 1.165) is 141 Å². The molecule has 0 amide bonds. The van der Waals surface area contributed by atoms with Gasteiger partial charge >= 0.3 is 18.5 Å². The molecule has 0 rings (SSSR count). The van der Waals surface area contributed by atoms with Crippen molar-refractivity contribution >= 4 is 18.5 Å². The van der Waals surface area contributed by atoms with Crippen LogP contribution in [0, 0.1) is 0 Å². The molecule has 0 fully saturated rings. The van der Waals surface area contributed by atoms with Gasteiger partial charge in [0.15, 0.2) is 0 Å². The van der Waals surface area contributed by atoms with Crippen molar-refractivity contribution in [3.05, 3.63) is 0 Å². The topological polar surface area (TPSA) is 195 Å². The normalized spacial score (nSPS) is 13.0. The Kier molecular flexibility index (Phi) is 62.2. The second kappa shape index (κ2) is 64.1. The zero-order chi connectivity index (χ0) is 58.3. The van der Waals surface area contributed by atoms with Crippen molar-refractivity contribution in [3.8, 4) is 0 Å². The van der Waals surface area contributed by atoms with Gasteiger partial charge in [-0.1, -0.05) is 233 Å². The van der Waals surface area contributed by atoms with Gasteiger partial charge < -0.3 is 58.0 Å². The Hall–Kier alpha value is -2.43. The minimum Gasteiger partial charge on any atom is -0.434 e. The van der Waals surface area contributed by atoms with Crippen molar-refractivity contribution < 1.29 is 72.3 Å². The molecule has 0 spiro atoms.